The highest BCUT2D eigenvalue weighted by Crippen LogP contribution is 2.44. The molecule has 1 aliphatic rings. The number of carboxylic acids is 1. The molecule has 2 amide bonds. The first-order valence-electron chi connectivity index (χ1n) is 10.6. The number of amides is 2. The van der Waals surface area contributed by atoms with Crippen LogP contribution in [-0.2, 0) is 22.4 Å². The molecule has 31 heavy (non-hydrogen) atoms. The number of nitrogens with one attached hydrogen (secondary N) is 2. The summed E-state index contributed by atoms with van der Waals surface area (Å²) < 4.78 is 0. The molecule has 0 fully saturated rings. The summed E-state index contributed by atoms with van der Waals surface area (Å²) in [5.74, 6) is -1.16. The molecule has 0 spiro atoms. The molecule has 0 saturated carbocycles. The third kappa shape index (κ3) is 5.73. The van der Waals surface area contributed by atoms with Crippen molar-refractivity contribution in [1.29, 1.82) is 0 Å². The van der Waals surface area contributed by atoms with E-state index in [1.807, 2.05) is 31.2 Å². The molecular weight excluding hydrogens is 412 g/mol. The van der Waals surface area contributed by atoms with Gasteiger partial charge in [-0.15, -0.1) is 11.3 Å². The Balaban J connectivity index is 1.90. The third-order valence-corrected chi connectivity index (χ3v) is 7.02. The number of benzene rings is 1. The van der Waals surface area contributed by atoms with Gasteiger partial charge in [-0.1, -0.05) is 38.5 Å². The second-order valence-electron chi connectivity index (χ2n) is 9.28. The monoisotopic (exact) mass is 442 g/mol. The van der Waals surface area contributed by atoms with Crippen LogP contribution < -0.4 is 10.6 Å². The lowest BCUT2D eigenvalue weighted by atomic mass is 9.72. The van der Waals surface area contributed by atoms with E-state index in [1.165, 1.54) is 11.3 Å². The van der Waals surface area contributed by atoms with Crippen molar-refractivity contribution in [3.8, 4) is 0 Å². The van der Waals surface area contributed by atoms with Crippen LogP contribution in [0.25, 0.3) is 0 Å². The molecule has 0 saturated heterocycles. The number of anilines is 2. The zero-order valence-electron chi connectivity index (χ0n) is 18.5. The summed E-state index contributed by atoms with van der Waals surface area (Å²) in [5.41, 5.74) is 3.48. The summed E-state index contributed by atoms with van der Waals surface area (Å²) in [7, 11) is 0. The van der Waals surface area contributed by atoms with Gasteiger partial charge in [0.15, 0.2) is 0 Å². The van der Waals surface area contributed by atoms with Gasteiger partial charge in [0.1, 0.15) is 5.00 Å². The van der Waals surface area contributed by atoms with Gasteiger partial charge < -0.3 is 15.7 Å². The summed E-state index contributed by atoms with van der Waals surface area (Å²) >= 11 is 1.45. The Hall–Kier alpha value is -2.67. The van der Waals surface area contributed by atoms with E-state index in [0.29, 0.717) is 22.2 Å². The molecule has 0 aliphatic heterocycles. The van der Waals surface area contributed by atoms with Gasteiger partial charge in [0.05, 0.1) is 12.0 Å². The maximum atomic E-state index is 13.2. The first-order valence-corrected chi connectivity index (χ1v) is 11.4. The van der Waals surface area contributed by atoms with E-state index in [0.717, 1.165) is 35.3 Å². The second kappa shape index (κ2) is 9.22. The van der Waals surface area contributed by atoms with Crippen LogP contribution in [0.2, 0.25) is 0 Å². The van der Waals surface area contributed by atoms with Crippen LogP contribution in [0.15, 0.2) is 24.3 Å². The lowest BCUT2D eigenvalue weighted by Gasteiger charge is -2.33. The molecular formula is C24H30N2O4S. The quantitative estimate of drug-likeness (QED) is 0.568. The van der Waals surface area contributed by atoms with Crippen molar-refractivity contribution in [3.05, 3.63) is 45.8 Å². The van der Waals surface area contributed by atoms with Gasteiger partial charge in [-0.3, -0.25) is 14.4 Å². The standard InChI is InChI=1S/C24H30N2O4S/c1-14-5-8-16(9-6-14)25-22(30)21-17-10-7-15(24(2,3)4)13-18(17)31-23(21)26-19(27)11-12-20(28)29/h5-6,8-9,15H,7,10-13H2,1-4H3,(H,25,30)(H,26,27)(H,28,29)/t15-/m0/s1. The largest absolute Gasteiger partial charge is 0.481 e. The van der Waals surface area contributed by atoms with E-state index >= 15 is 0 Å². The van der Waals surface area contributed by atoms with Crippen molar-refractivity contribution in [1.82, 2.24) is 0 Å². The van der Waals surface area contributed by atoms with Crippen LogP contribution in [0.1, 0.15) is 66.4 Å². The molecule has 1 atom stereocenters. The SMILES string of the molecule is Cc1ccc(NC(=O)c2c(NC(=O)CCC(=O)O)sc3c2CC[C@H](C(C)(C)C)C3)cc1. The average Bonchev–Trinajstić information content (AvgIpc) is 3.04. The topological polar surface area (TPSA) is 95.5 Å². The molecule has 1 aromatic heterocycles. The van der Waals surface area contributed by atoms with E-state index in [-0.39, 0.29) is 24.2 Å². The Morgan fingerprint density at radius 3 is 2.39 bits per heavy atom. The van der Waals surface area contributed by atoms with E-state index in [9.17, 15) is 14.4 Å². The Bertz CT molecular complexity index is 986. The number of fused-ring (bicyclic) bond motifs is 1. The van der Waals surface area contributed by atoms with Gasteiger partial charge >= 0.3 is 5.97 Å². The first kappa shape index (κ1) is 23.0. The predicted octanol–water partition coefficient (Wildman–Crippen LogP) is 5.26. The number of thiophene rings is 1. The van der Waals surface area contributed by atoms with Crippen LogP contribution in [0.5, 0.6) is 0 Å². The number of carboxylic acid groups (broad SMARTS) is 1. The fourth-order valence-corrected chi connectivity index (χ4v) is 5.23. The number of hydrogen-bond donors (Lipinski definition) is 3. The average molecular weight is 443 g/mol. The smallest absolute Gasteiger partial charge is 0.303 e. The lowest BCUT2D eigenvalue weighted by molar-refractivity contribution is -0.138. The molecule has 0 unspecified atom stereocenters. The van der Waals surface area contributed by atoms with Gasteiger partial charge in [0.25, 0.3) is 5.91 Å². The minimum atomic E-state index is -1.02. The number of hydrogen-bond acceptors (Lipinski definition) is 4. The van der Waals surface area contributed by atoms with Crippen LogP contribution >= 0.6 is 11.3 Å². The highest BCUT2D eigenvalue weighted by Gasteiger charge is 2.34. The lowest BCUT2D eigenvalue weighted by Crippen LogP contribution is -2.27. The van der Waals surface area contributed by atoms with Crippen LogP contribution in [-0.4, -0.2) is 22.9 Å². The summed E-state index contributed by atoms with van der Waals surface area (Å²) in [6.45, 7) is 8.68. The summed E-state index contributed by atoms with van der Waals surface area (Å²) in [6, 6.07) is 7.57. The van der Waals surface area contributed by atoms with Gasteiger partial charge in [0.2, 0.25) is 5.91 Å². The van der Waals surface area contributed by atoms with Crippen LogP contribution in [0.4, 0.5) is 10.7 Å². The van der Waals surface area contributed by atoms with E-state index < -0.39 is 11.9 Å². The van der Waals surface area contributed by atoms with E-state index in [2.05, 4.69) is 31.4 Å². The Labute approximate surface area is 187 Å². The van der Waals surface area contributed by atoms with Gasteiger partial charge in [-0.05, 0) is 55.2 Å². The molecule has 166 valence electrons. The van der Waals surface area contributed by atoms with Crippen molar-refractivity contribution >= 4 is 39.8 Å². The van der Waals surface area contributed by atoms with Crippen LogP contribution in [0, 0.1) is 18.3 Å². The molecule has 3 N–H and O–H groups in total. The van der Waals surface area contributed by atoms with Crippen molar-refractivity contribution in [3.63, 3.8) is 0 Å². The normalized spacial score (nSPS) is 15.8. The molecule has 1 aromatic carbocycles. The fourth-order valence-electron chi connectivity index (χ4n) is 3.89. The first-order chi connectivity index (χ1) is 14.5. The zero-order chi connectivity index (χ0) is 22.8. The molecule has 0 bridgehead atoms. The minimum Gasteiger partial charge on any atom is -0.481 e. The summed E-state index contributed by atoms with van der Waals surface area (Å²) in [6.07, 6.45) is 2.29. The number of aryl methyl sites for hydroxylation is 1. The second-order valence-corrected chi connectivity index (χ2v) is 10.4. The number of aliphatic carboxylic acids is 1. The Kier molecular flexibility index (Phi) is 6.84. The Morgan fingerprint density at radius 2 is 1.77 bits per heavy atom. The van der Waals surface area contributed by atoms with E-state index in [1.54, 1.807) is 0 Å². The number of carbonyl (C=O) groups excluding carboxylic acids is 2. The molecule has 2 aromatic rings. The number of rotatable bonds is 6. The highest BCUT2D eigenvalue weighted by molar-refractivity contribution is 7.17. The molecule has 1 heterocycles. The van der Waals surface area contributed by atoms with Crippen molar-refractivity contribution in [2.75, 3.05) is 10.6 Å². The van der Waals surface area contributed by atoms with E-state index in [4.69, 9.17) is 5.11 Å². The van der Waals surface area contributed by atoms with Crippen molar-refractivity contribution in [2.24, 2.45) is 11.3 Å². The summed E-state index contributed by atoms with van der Waals surface area (Å²) in [4.78, 5) is 37.5. The number of carbonyl (C=O) groups is 3. The molecule has 6 nitrogen and oxygen atoms in total. The molecule has 7 heteroatoms. The fraction of sp³-hybridized carbons (Fsp3) is 0.458. The molecule has 3 rings (SSSR count). The van der Waals surface area contributed by atoms with Crippen LogP contribution in [0.3, 0.4) is 0 Å². The predicted molar refractivity (Wildman–Crippen MR) is 124 cm³/mol. The zero-order valence-corrected chi connectivity index (χ0v) is 19.3. The van der Waals surface area contributed by atoms with Gasteiger partial charge in [-0.2, -0.15) is 0 Å². The molecule has 1 aliphatic carbocycles. The van der Waals surface area contributed by atoms with Crippen molar-refractivity contribution < 1.29 is 19.5 Å². The third-order valence-electron chi connectivity index (χ3n) is 5.85. The highest BCUT2D eigenvalue weighted by atomic mass is 32.1. The van der Waals surface area contributed by atoms with Gasteiger partial charge in [0, 0.05) is 17.0 Å². The van der Waals surface area contributed by atoms with Gasteiger partial charge in [-0.25, -0.2) is 0 Å². The Morgan fingerprint density at radius 1 is 1.10 bits per heavy atom. The maximum Gasteiger partial charge on any atom is 0.303 e. The maximum absolute atomic E-state index is 13.2. The molecule has 0 radical (unpaired) electrons. The minimum absolute atomic E-state index is 0.123. The summed E-state index contributed by atoms with van der Waals surface area (Å²) in [5, 5.41) is 15.1. The van der Waals surface area contributed by atoms with Crippen molar-refractivity contribution in [2.45, 2.75) is 59.8 Å².